The number of carbonyl (C=O) groups is 1. The second kappa shape index (κ2) is 10.1. The summed E-state index contributed by atoms with van der Waals surface area (Å²) in [6.07, 6.45) is 3.21. The van der Waals surface area contributed by atoms with Crippen LogP contribution in [0.4, 0.5) is 0 Å². The van der Waals surface area contributed by atoms with E-state index in [-0.39, 0.29) is 5.91 Å². The maximum absolute atomic E-state index is 13.1. The predicted octanol–water partition coefficient (Wildman–Crippen LogP) is 6.18. The molecule has 29 heavy (non-hydrogen) atoms. The van der Waals surface area contributed by atoms with E-state index in [1.807, 2.05) is 37.3 Å². The van der Waals surface area contributed by atoms with Crippen LogP contribution in [0, 0.1) is 6.92 Å². The minimum Gasteiger partial charge on any atom is -0.491 e. The number of ether oxygens (including phenoxy) is 1. The molecule has 4 nitrogen and oxygen atoms in total. The van der Waals surface area contributed by atoms with Crippen LogP contribution in [0.15, 0.2) is 65.4 Å². The van der Waals surface area contributed by atoms with Gasteiger partial charge in [0.05, 0.1) is 12.1 Å². The van der Waals surface area contributed by atoms with Gasteiger partial charge in [0.1, 0.15) is 12.4 Å². The van der Waals surface area contributed by atoms with Gasteiger partial charge in [-0.05, 0) is 46.6 Å². The largest absolute Gasteiger partial charge is 0.491 e. The average molecular weight is 494 g/mol. The van der Waals surface area contributed by atoms with Gasteiger partial charge < -0.3 is 9.64 Å². The molecule has 0 radical (unpaired) electrons. The fourth-order valence-electron chi connectivity index (χ4n) is 2.81. The summed E-state index contributed by atoms with van der Waals surface area (Å²) in [6, 6.07) is 15.0. The Bertz CT molecular complexity index is 999. The lowest BCUT2D eigenvalue weighted by atomic mass is 10.2. The van der Waals surface area contributed by atoms with Crippen molar-refractivity contribution in [2.24, 2.45) is 0 Å². The first-order valence-corrected chi connectivity index (χ1v) is 10.5. The van der Waals surface area contributed by atoms with Crippen molar-refractivity contribution in [3.8, 4) is 5.75 Å². The molecule has 0 saturated heterocycles. The topological polar surface area (TPSA) is 42.4 Å². The van der Waals surface area contributed by atoms with Crippen LogP contribution in [0.1, 0.15) is 21.5 Å². The van der Waals surface area contributed by atoms with E-state index in [9.17, 15) is 4.79 Å². The van der Waals surface area contributed by atoms with Crippen molar-refractivity contribution in [3.05, 3.63) is 92.1 Å². The highest BCUT2D eigenvalue weighted by Crippen LogP contribution is 2.30. The van der Waals surface area contributed by atoms with Crippen LogP contribution in [0.25, 0.3) is 0 Å². The molecule has 0 spiro atoms. The number of nitrogens with zero attached hydrogens (tertiary/aromatic N) is 2. The molecule has 1 aromatic heterocycles. The lowest BCUT2D eigenvalue weighted by Crippen LogP contribution is -2.34. The van der Waals surface area contributed by atoms with Crippen molar-refractivity contribution in [2.75, 3.05) is 13.2 Å². The first-order chi connectivity index (χ1) is 13.9. The Labute approximate surface area is 188 Å². The molecule has 1 amide bonds. The maximum atomic E-state index is 13.1. The molecule has 3 aromatic rings. The van der Waals surface area contributed by atoms with E-state index >= 15 is 0 Å². The van der Waals surface area contributed by atoms with E-state index in [1.54, 1.807) is 35.5 Å². The number of halogens is 3. The SMILES string of the molecule is Cc1c(Cl)cc(Cl)cc1OCCN(Cc1ccccc1)C(=O)c1cncc(Br)c1. The fourth-order valence-corrected chi connectivity index (χ4v) is 3.65. The van der Waals surface area contributed by atoms with Crippen molar-refractivity contribution in [2.45, 2.75) is 13.5 Å². The Hall–Kier alpha value is -2.08. The van der Waals surface area contributed by atoms with Crippen molar-refractivity contribution >= 4 is 45.0 Å². The lowest BCUT2D eigenvalue weighted by molar-refractivity contribution is 0.0715. The minimum absolute atomic E-state index is 0.118. The Balaban J connectivity index is 1.75. The number of benzene rings is 2. The number of pyridine rings is 1. The van der Waals surface area contributed by atoms with Crippen LogP contribution in [-0.2, 0) is 6.54 Å². The number of carbonyl (C=O) groups excluding carboxylic acids is 1. The molecule has 2 aromatic carbocycles. The van der Waals surface area contributed by atoms with Crippen LogP contribution < -0.4 is 4.74 Å². The summed E-state index contributed by atoms with van der Waals surface area (Å²) < 4.78 is 6.64. The van der Waals surface area contributed by atoms with Gasteiger partial charge in [0.2, 0.25) is 0 Å². The number of amides is 1. The van der Waals surface area contributed by atoms with E-state index in [0.717, 1.165) is 15.6 Å². The molecule has 0 aliphatic carbocycles. The molecule has 150 valence electrons. The highest BCUT2D eigenvalue weighted by molar-refractivity contribution is 9.10. The third-order valence-corrected chi connectivity index (χ3v) is 5.38. The number of hydrogen-bond acceptors (Lipinski definition) is 3. The second-order valence-corrected chi connectivity index (χ2v) is 8.22. The van der Waals surface area contributed by atoms with E-state index < -0.39 is 0 Å². The zero-order valence-corrected chi connectivity index (χ0v) is 18.8. The van der Waals surface area contributed by atoms with Crippen LogP contribution >= 0.6 is 39.1 Å². The summed E-state index contributed by atoms with van der Waals surface area (Å²) in [5.74, 6) is 0.492. The van der Waals surface area contributed by atoms with Gasteiger partial charge in [-0.3, -0.25) is 9.78 Å². The van der Waals surface area contributed by atoms with Crippen molar-refractivity contribution in [1.82, 2.24) is 9.88 Å². The lowest BCUT2D eigenvalue weighted by Gasteiger charge is -2.23. The van der Waals surface area contributed by atoms with Gasteiger partial charge in [0, 0.05) is 39.0 Å². The van der Waals surface area contributed by atoms with Gasteiger partial charge >= 0.3 is 0 Å². The molecular weight excluding hydrogens is 475 g/mol. The predicted molar refractivity (Wildman–Crippen MR) is 120 cm³/mol. The van der Waals surface area contributed by atoms with Gasteiger partial charge in [-0.25, -0.2) is 0 Å². The van der Waals surface area contributed by atoms with Gasteiger partial charge in [0.25, 0.3) is 5.91 Å². The smallest absolute Gasteiger partial charge is 0.255 e. The third kappa shape index (κ3) is 5.95. The Kier molecular flexibility index (Phi) is 7.53. The normalized spacial score (nSPS) is 10.6. The second-order valence-electron chi connectivity index (χ2n) is 6.46. The zero-order chi connectivity index (χ0) is 20.8. The number of rotatable bonds is 7. The first kappa shape index (κ1) is 21.6. The fraction of sp³-hybridized carbons (Fsp3) is 0.182. The Morgan fingerprint density at radius 1 is 1.14 bits per heavy atom. The summed E-state index contributed by atoms with van der Waals surface area (Å²) in [4.78, 5) is 18.9. The quantitative estimate of drug-likeness (QED) is 0.394. The van der Waals surface area contributed by atoms with E-state index in [1.165, 1.54) is 0 Å². The highest BCUT2D eigenvalue weighted by Gasteiger charge is 2.17. The van der Waals surface area contributed by atoms with Crippen LogP contribution in [-0.4, -0.2) is 28.9 Å². The van der Waals surface area contributed by atoms with E-state index in [4.69, 9.17) is 27.9 Å². The molecular formula is C22H19BrCl2N2O2. The van der Waals surface area contributed by atoms with Crippen LogP contribution in [0.5, 0.6) is 5.75 Å². The molecule has 7 heteroatoms. The zero-order valence-electron chi connectivity index (χ0n) is 15.7. The van der Waals surface area contributed by atoms with Crippen LogP contribution in [0.3, 0.4) is 0 Å². The van der Waals surface area contributed by atoms with E-state index in [0.29, 0.717) is 41.1 Å². The van der Waals surface area contributed by atoms with Crippen molar-refractivity contribution in [3.63, 3.8) is 0 Å². The van der Waals surface area contributed by atoms with Gasteiger partial charge in [-0.2, -0.15) is 0 Å². The summed E-state index contributed by atoms with van der Waals surface area (Å²) in [6.45, 7) is 3.03. The first-order valence-electron chi connectivity index (χ1n) is 8.96. The number of aromatic nitrogens is 1. The van der Waals surface area contributed by atoms with Crippen molar-refractivity contribution < 1.29 is 9.53 Å². The van der Waals surface area contributed by atoms with Gasteiger partial charge in [-0.1, -0.05) is 53.5 Å². The molecule has 0 N–H and O–H groups in total. The molecule has 0 aliphatic rings. The maximum Gasteiger partial charge on any atom is 0.255 e. The van der Waals surface area contributed by atoms with Gasteiger partial charge in [0.15, 0.2) is 0 Å². The molecule has 0 aliphatic heterocycles. The average Bonchev–Trinajstić information content (AvgIpc) is 2.71. The Morgan fingerprint density at radius 3 is 2.62 bits per heavy atom. The summed E-state index contributed by atoms with van der Waals surface area (Å²) in [7, 11) is 0. The summed E-state index contributed by atoms with van der Waals surface area (Å²) >= 11 is 15.6. The Morgan fingerprint density at radius 2 is 1.90 bits per heavy atom. The summed E-state index contributed by atoms with van der Waals surface area (Å²) in [5, 5.41) is 1.05. The molecule has 0 fully saturated rings. The summed E-state index contributed by atoms with van der Waals surface area (Å²) in [5.41, 5.74) is 2.36. The number of hydrogen-bond donors (Lipinski definition) is 0. The molecule has 0 atom stereocenters. The minimum atomic E-state index is -0.118. The third-order valence-electron chi connectivity index (χ3n) is 4.34. The standard InChI is InChI=1S/C22H19BrCl2N2O2/c1-15-20(25)10-19(24)11-21(15)29-8-7-27(14-16-5-3-2-4-6-16)22(28)17-9-18(23)13-26-12-17/h2-6,9-13H,7-8,14H2,1H3. The molecule has 3 rings (SSSR count). The monoisotopic (exact) mass is 492 g/mol. The highest BCUT2D eigenvalue weighted by atomic mass is 79.9. The molecule has 0 unspecified atom stereocenters. The molecule has 0 saturated carbocycles. The van der Waals surface area contributed by atoms with Gasteiger partial charge in [-0.15, -0.1) is 0 Å². The molecule has 1 heterocycles. The van der Waals surface area contributed by atoms with Crippen LogP contribution in [0.2, 0.25) is 10.0 Å². The molecule has 0 bridgehead atoms. The van der Waals surface area contributed by atoms with E-state index in [2.05, 4.69) is 20.9 Å². The van der Waals surface area contributed by atoms with Crippen molar-refractivity contribution in [1.29, 1.82) is 0 Å².